The van der Waals surface area contributed by atoms with Crippen LogP contribution in [0.25, 0.3) is 89.7 Å². The van der Waals surface area contributed by atoms with Gasteiger partial charge in [0.25, 0.3) is 0 Å². The van der Waals surface area contributed by atoms with Gasteiger partial charge in [0.15, 0.2) is 23.3 Å². The van der Waals surface area contributed by atoms with Crippen molar-refractivity contribution in [3.05, 3.63) is 93.0 Å². The van der Waals surface area contributed by atoms with Gasteiger partial charge in [-0.15, -0.1) is 0 Å². The molecule has 3 aromatic heterocycles. The summed E-state index contributed by atoms with van der Waals surface area (Å²) in [5.74, 6) is -19.5. The summed E-state index contributed by atoms with van der Waals surface area (Å²) in [6.45, 7) is 0. The lowest BCUT2D eigenvalue weighted by atomic mass is 9.86. The zero-order valence-corrected chi connectivity index (χ0v) is 31.1. The Labute approximate surface area is 349 Å². The second-order valence-electron chi connectivity index (χ2n) is 13.6. The predicted molar refractivity (Wildman–Crippen MR) is 212 cm³/mol. The van der Waals surface area contributed by atoms with E-state index < -0.39 is 137 Å². The molecule has 2 aliphatic rings. The maximum absolute atomic E-state index is 13.1. The van der Waals surface area contributed by atoms with Gasteiger partial charge in [-0.3, -0.25) is 0 Å². The minimum Gasteiger partial charge on any atom is -0.478 e. The monoisotopic (exact) mass is 866 g/mol. The van der Waals surface area contributed by atoms with Crippen LogP contribution >= 0.6 is 0 Å². The van der Waals surface area contributed by atoms with E-state index in [1.807, 2.05) is 0 Å². The molecule has 24 nitrogen and oxygen atoms in total. The Hall–Kier alpha value is -10.0. The number of rotatable bonds is 8. The van der Waals surface area contributed by atoms with Crippen LogP contribution in [0.5, 0.6) is 0 Å². The molecule has 64 heavy (non-hydrogen) atoms. The largest absolute Gasteiger partial charge is 0.478 e. The maximum atomic E-state index is 13.1. The lowest BCUT2D eigenvalue weighted by Gasteiger charge is -2.15. The van der Waals surface area contributed by atoms with Gasteiger partial charge in [0.2, 0.25) is 0 Å². The highest BCUT2D eigenvalue weighted by atomic mass is 16.4. The number of hydrogen-bond acceptors (Lipinski definition) is 14. The van der Waals surface area contributed by atoms with Crippen LogP contribution in [0.4, 0.5) is 0 Å². The zero-order valence-electron chi connectivity index (χ0n) is 31.1. The normalized spacial score (nSPS) is 11.5. The van der Waals surface area contributed by atoms with Crippen LogP contribution < -0.4 is 0 Å². The first-order valence-electron chi connectivity index (χ1n) is 17.8. The van der Waals surface area contributed by atoms with Crippen molar-refractivity contribution in [1.82, 2.24) is 39.9 Å². The molecule has 0 amide bonds. The fourth-order valence-corrected chi connectivity index (χ4v) is 7.92. The maximum Gasteiger partial charge on any atom is 0.337 e. The highest BCUT2D eigenvalue weighted by molar-refractivity contribution is 6.29. The molecule has 2 aliphatic heterocycles. The van der Waals surface area contributed by atoms with E-state index in [1.165, 1.54) is 6.07 Å². The average Bonchev–Trinajstić information content (AvgIpc) is 3.97. The van der Waals surface area contributed by atoms with Crippen LogP contribution in [0.3, 0.4) is 0 Å². The van der Waals surface area contributed by atoms with Crippen molar-refractivity contribution in [2.24, 2.45) is 0 Å². The van der Waals surface area contributed by atoms with E-state index >= 15 is 0 Å². The number of H-pyrrole nitrogens is 2. The van der Waals surface area contributed by atoms with E-state index in [2.05, 4.69) is 39.9 Å². The van der Waals surface area contributed by atoms with E-state index in [4.69, 9.17) is 0 Å². The lowest BCUT2D eigenvalue weighted by Crippen LogP contribution is -2.21. The van der Waals surface area contributed by atoms with Crippen molar-refractivity contribution in [1.29, 1.82) is 0 Å². The third-order valence-electron chi connectivity index (χ3n) is 10.2. The molecule has 7 aromatic rings. The Morgan fingerprint density at radius 2 is 0.609 bits per heavy atom. The Morgan fingerprint density at radius 3 is 0.984 bits per heavy atom. The van der Waals surface area contributed by atoms with Gasteiger partial charge < -0.3 is 50.8 Å². The molecule has 24 heteroatoms. The Morgan fingerprint density at radius 1 is 0.328 bits per heavy atom. The Bertz CT molecular complexity index is 3670. The van der Waals surface area contributed by atoms with E-state index in [0.29, 0.717) is 10.9 Å². The van der Waals surface area contributed by atoms with E-state index in [1.54, 1.807) is 42.5 Å². The van der Waals surface area contributed by atoms with Gasteiger partial charge >= 0.3 is 47.8 Å². The molecule has 4 aromatic carbocycles. The number of hydrogen-bond donors (Lipinski definition) is 10. The molecule has 0 fully saturated rings. The molecule has 5 heterocycles. The predicted octanol–water partition coefficient (Wildman–Crippen LogP) is 4.45. The number of carboxylic acids is 8. The van der Waals surface area contributed by atoms with Crippen LogP contribution in [0.2, 0.25) is 0 Å². The average molecular weight is 867 g/mol. The summed E-state index contributed by atoms with van der Waals surface area (Å²) in [6.07, 6.45) is 0. The van der Waals surface area contributed by atoms with Crippen LogP contribution in [-0.4, -0.2) is 128 Å². The molecule has 0 saturated carbocycles. The lowest BCUT2D eigenvalue weighted by molar-refractivity contribution is 0.0620. The number of nitrogens with one attached hydrogen (secondary N) is 2. The Kier molecular flexibility index (Phi) is 8.49. The number of benzene rings is 4. The highest BCUT2D eigenvalue weighted by Crippen LogP contribution is 2.45. The zero-order chi connectivity index (χ0) is 45.8. The summed E-state index contributed by atoms with van der Waals surface area (Å²) in [6, 6.07) is 12.7. The molecular formula is C40H18N8O16. The number of aromatic carboxylic acids is 8. The number of aromatic nitrogens is 8. The van der Waals surface area contributed by atoms with Gasteiger partial charge in [0, 0.05) is 43.8 Å². The smallest absolute Gasteiger partial charge is 0.337 e. The fraction of sp³-hybridized carbons (Fsp3) is 0. The van der Waals surface area contributed by atoms with Gasteiger partial charge in [-0.05, 0) is 0 Å². The third kappa shape index (κ3) is 5.56. The third-order valence-corrected chi connectivity index (χ3v) is 10.2. The fourth-order valence-electron chi connectivity index (χ4n) is 7.92. The molecule has 9 rings (SSSR count). The van der Waals surface area contributed by atoms with Crippen molar-refractivity contribution < 1.29 is 79.2 Å². The summed E-state index contributed by atoms with van der Waals surface area (Å²) in [5.41, 5.74) is -14.6. The molecule has 0 spiro atoms. The number of aromatic amines is 2. The number of nitrogens with zero attached hydrogens (tertiary/aromatic N) is 6. The summed E-state index contributed by atoms with van der Waals surface area (Å²) in [5, 5.41) is 82.1. The second kappa shape index (κ2) is 13.8. The molecule has 8 bridgehead atoms. The molecule has 0 radical (unpaired) electrons. The molecule has 10 N–H and O–H groups in total. The topological polar surface area (TPSA) is 407 Å². The van der Waals surface area contributed by atoms with E-state index in [0.717, 1.165) is 0 Å². The molecule has 0 aliphatic carbocycles. The molecular weight excluding hydrogens is 848 g/mol. The summed E-state index contributed by atoms with van der Waals surface area (Å²) in [4.78, 5) is 136. The van der Waals surface area contributed by atoms with Crippen molar-refractivity contribution in [2.75, 3.05) is 0 Å². The Balaban J connectivity index is 1.66. The van der Waals surface area contributed by atoms with Crippen LogP contribution in [0, 0.1) is 0 Å². The van der Waals surface area contributed by atoms with Crippen LogP contribution in [0.15, 0.2) is 48.5 Å². The molecule has 0 saturated heterocycles. The number of fused-ring (bicyclic) bond motifs is 20. The van der Waals surface area contributed by atoms with E-state index in [-0.39, 0.29) is 33.9 Å². The van der Waals surface area contributed by atoms with Crippen molar-refractivity contribution in [3.8, 4) is 45.6 Å². The first-order valence-corrected chi connectivity index (χ1v) is 17.8. The molecule has 0 unspecified atom stereocenters. The van der Waals surface area contributed by atoms with Gasteiger partial charge in [0.05, 0.1) is 44.5 Å². The SMILES string of the molecule is O=C(O)c1c(C(=O)O)c(C(=O)O)c2c(c1C(=O)O)-c1nc-2nc2[nH]c(nc3nc(nc4[nH]c(n1)c1ccccc41)-c1ccccc1-3)c1c(C(=O)O)c(C(=O)O)c(C(=O)O)c(C(=O)O)c21. The van der Waals surface area contributed by atoms with Crippen LogP contribution in [-0.2, 0) is 0 Å². The van der Waals surface area contributed by atoms with Crippen LogP contribution in [0.1, 0.15) is 82.9 Å². The molecule has 0 atom stereocenters. The minimum absolute atomic E-state index is 0.0319. The standard InChI is InChI=1S/C40H18N8O16/c49-33(50)17-13-15(19(35(53)54)23(39(61)62)21(17)37(57)58)31-46-29(13)44-27-11-7-3-1-5-9(11)25(42-27)41-26-10-6-2-4-8-12(10)28(43-26)45-30-14-16(32(47-30)48-31)20(36(55)56)24(40(63)64)22(38(59)60)18(14)34(51)52/h1-8H,(H,49,50)(H,51,52)(H,53,54)(H,55,56)(H,57,58)(H,59,60)(H,61,62)(H,63,64)(H2,41,42,43,44,45,46,47,48). The van der Waals surface area contributed by atoms with Crippen molar-refractivity contribution in [2.45, 2.75) is 0 Å². The first kappa shape index (κ1) is 39.5. The minimum atomic E-state index is -2.24. The highest BCUT2D eigenvalue weighted by Gasteiger charge is 2.42. The number of carbonyl (C=O) groups is 8. The van der Waals surface area contributed by atoms with Gasteiger partial charge in [0.1, 0.15) is 22.6 Å². The van der Waals surface area contributed by atoms with Crippen molar-refractivity contribution >= 4 is 91.9 Å². The summed E-state index contributed by atoms with van der Waals surface area (Å²) < 4.78 is 0. The van der Waals surface area contributed by atoms with E-state index in [9.17, 15) is 79.2 Å². The first-order chi connectivity index (χ1) is 30.4. The molecule has 314 valence electrons. The second-order valence-corrected chi connectivity index (χ2v) is 13.6. The summed E-state index contributed by atoms with van der Waals surface area (Å²) >= 11 is 0. The quantitative estimate of drug-likeness (QED) is 0.101. The van der Waals surface area contributed by atoms with Gasteiger partial charge in [-0.1, -0.05) is 48.5 Å². The van der Waals surface area contributed by atoms with Gasteiger partial charge in [-0.2, -0.15) is 0 Å². The summed E-state index contributed by atoms with van der Waals surface area (Å²) in [7, 11) is 0. The van der Waals surface area contributed by atoms with Crippen molar-refractivity contribution in [3.63, 3.8) is 0 Å². The van der Waals surface area contributed by atoms with Gasteiger partial charge in [-0.25, -0.2) is 68.3 Å². The number of carboxylic acid groups (broad SMARTS) is 8.